The molecule has 4 rings (SSSR count). The monoisotopic (exact) mass is 360 g/mol. The molecule has 1 aliphatic rings. The normalized spacial score (nSPS) is 15.9. The van der Waals surface area contributed by atoms with Crippen molar-refractivity contribution < 1.29 is 4.79 Å². The minimum Gasteiger partial charge on any atom is -0.350 e. The zero-order valence-corrected chi connectivity index (χ0v) is 15.1. The summed E-state index contributed by atoms with van der Waals surface area (Å²) in [5.74, 6) is -0.0515. The Morgan fingerprint density at radius 1 is 1.19 bits per heavy atom. The summed E-state index contributed by atoms with van der Waals surface area (Å²) in [4.78, 5) is 25.6. The van der Waals surface area contributed by atoms with Crippen molar-refractivity contribution in [1.29, 1.82) is 0 Å². The number of hydrogen-bond acceptors (Lipinski definition) is 5. The van der Waals surface area contributed by atoms with Crippen LogP contribution in [0.2, 0.25) is 0 Å². The van der Waals surface area contributed by atoms with E-state index in [-0.39, 0.29) is 12.2 Å². The number of nitrogens with one attached hydrogen (secondary N) is 3. The van der Waals surface area contributed by atoms with Gasteiger partial charge >= 0.3 is 0 Å². The molecule has 0 fully saturated rings. The molecule has 27 heavy (non-hydrogen) atoms. The molecule has 1 aliphatic heterocycles. The van der Waals surface area contributed by atoms with Gasteiger partial charge in [-0.3, -0.25) is 9.78 Å². The van der Waals surface area contributed by atoms with Crippen LogP contribution in [0.4, 0.5) is 5.69 Å². The summed E-state index contributed by atoms with van der Waals surface area (Å²) in [6.07, 6.45) is 5.12. The molecule has 3 N–H and O–H groups in total. The summed E-state index contributed by atoms with van der Waals surface area (Å²) in [5.41, 5.74) is 4.13. The van der Waals surface area contributed by atoms with Crippen LogP contribution in [0.15, 0.2) is 59.7 Å². The third kappa shape index (κ3) is 3.52. The number of aliphatic imine (C=N–C) groups is 1. The van der Waals surface area contributed by atoms with Crippen molar-refractivity contribution in [3.05, 3.63) is 66.1 Å². The maximum absolute atomic E-state index is 12.1. The van der Waals surface area contributed by atoms with Crippen LogP contribution < -0.4 is 10.6 Å². The molecule has 0 bridgehead atoms. The number of anilines is 1. The first-order chi connectivity index (χ1) is 13.1. The summed E-state index contributed by atoms with van der Waals surface area (Å²) >= 11 is 0. The van der Waals surface area contributed by atoms with Crippen LogP contribution in [0.25, 0.3) is 16.6 Å². The highest BCUT2D eigenvalue weighted by Gasteiger charge is 2.14. The van der Waals surface area contributed by atoms with Crippen molar-refractivity contribution in [3.63, 3.8) is 0 Å². The van der Waals surface area contributed by atoms with Crippen LogP contribution in [0.3, 0.4) is 0 Å². The van der Waals surface area contributed by atoms with E-state index >= 15 is 0 Å². The summed E-state index contributed by atoms with van der Waals surface area (Å²) in [7, 11) is 3.47. The van der Waals surface area contributed by atoms with Gasteiger partial charge in [-0.15, -0.1) is 0 Å². The number of allylic oxidation sites excluding steroid dienone is 1. The number of fused-ring (bicyclic) bond motifs is 1. The second-order valence-corrected chi connectivity index (χ2v) is 6.47. The molecular weight excluding hydrogens is 340 g/mol. The lowest BCUT2D eigenvalue weighted by atomic mass is 10.2. The van der Waals surface area contributed by atoms with Gasteiger partial charge in [0.15, 0.2) is 6.29 Å². The summed E-state index contributed by atoms with van der Waals surface area (Å²) in [6.45, 7) is 0. The molecule has 1 atom stereocenters. The molecule has 1 amide bonds. The van der Waals surface area contributed by atoms with Crippen molar-refractivity contribution in [2.45, 2.75) is 6.29 Å². The van der Waals surface area contributed by atoms with Gasteiger partial charge in [0.1, 0.15) is 5.69 Å². The average molecular weight is 360 g/mol. The van der Waals surface area contributed by atoms with Crippen LogP contribution in [0.5, 0.6) is 0 Å². The molecule has 0 radical (unpaired) electrons. The summed E-state index contributed by atoms with van der Waals surface area (Å²) in [6, 6.07) is 13.6. The average Bonchev–Trinajstić information content (AvgIpc) is 3.11. The third-order valence-corrected chi connectivity index (χ3v) is 4.27. The van der Waals surface area contributed by atoms with Gasteiger partial charge in [-0.05, 0) is 36.4 Å². The van der Waals surface area contributed by atoms with Crippen LogP contribution in [-0.4, -0.2) is 47.4 Å². The molecule has 3 aromatic rings. The van der Waals surface area contributed by atoms with Gasteiger partial charge in [-0.1, -0.05) is 12.1 Å². The first-order valence-corrected chi connectivity index (χ1v) is 8.62. The zero-order valence-electron chi connectivity index (χ0n) is 15.1. The minimum atomic E-state index is -0.303. The number of aromatic nitrogens is 2. The van der Waals surface area contributed by atoms with E-state index in [9.17, 15) is 4.79 Å². The molecule has 0 saturated heterocycles. The predicted molar refractivity (Wildman–Crippen MR) is 108 cm³/mol. The van der Waals surface area contributed by atoms with E-state index in [2.05, 4.69) is 25.6 Å². The van der Waals surface area contributed by atoms with Crippen molar-refractivity contribution in [2.75, 3.05) is 19.4 Å². The third-order valence-electron chi connectivity index (χ3n) is 4.27. The molecule has 0 spiro atoms. The van der Waals surface area contributed by atoms with Gasteiger partial charge in [0.05, 0.1) is 11.4 Å². The maximum Gasteiger partial charge on any atom is 0.269 e. The van der Waals surface area contributed by atoms with Gasteiger partial charge in [0.25, 0.3) is 5.91 Å². The molecule has 136 valence electrons. The second kappa shape index (κ2) is 6.95. The van der Waals surface area contributed by atoms with Crippen molar-refractivity contribution in [1.82, 2.24) is 20.2 Å². The largest absolute Gasteiger partial charge is 0.350 e. The molecule has 1 aromatic carbocycles. The fraction of sp³-hybridized carbons (Fsp3) is 0.150. The van der Waals surface area contributed by atoms with Gasteiger partial charge < -0.3 is 20.5 Å². The smallest absolute Gasteiger partial charge is 0.269 e. The van der Waals surface area contributed by atoms with Crippen LogP contribution in [0, 0.1) is 0 Å². The molecule has 7 nitrogen and oxygen atoms in total. The number of aromatic amines is 1. The number of carbonyl (C=O) groups is 1. The van der Waals surface area contributed by atoms with Gasteiger partial charge in [-0.2, -0.15) is 0 Å². The first-order valence-electron chi connectivity index (χ1n) is 8.62. The Morgan fingerprint density at radius 3 is 2.85 bits per heavy atom. The Hall–Kier alpha value is -3.61. The zero-order chi connectivity index (χ0) is 18.8. The lowest BCUT2D eigenvalue weighted by Crippen LogP contribution is -2.35. The van der Waals surface area contributed by atoms with Crippen molar-refractivity contribution in [2.24, 2.45) is 4.99 Å². The summed E-state index contributed by atoms with van der Waals surface area (Å²) < 4.78 is 0. The van der Waals surface area contributed by atoms with Crippen molar-refractivity contribution >= 4 is 34.4 Å². The van der Waals surface area contributed by atoms with Crippen molar-refractivity contribution in [3.8, 4) is 0 Å². The minimum absolute atomic E-state index is 0.0515. The van der Waals surface area contributed by atoms with E-state index in [0.29, 0.717) is 5.69 Å². The van der Waals surface area contributed by atoms with Gasteiger partial charge in [0.2, 0.25) is 0 Å². The van der Waals surface area contributed by atoms with E-state index < -0.39 is 0 Å². The number of benzene rings is 1. The number of nitrogens with zero attached hydrogens (tertiary/aromatic N) is 3. The van der Waals surface area contributed by atoms with Gasteiger partial charge in [-0.25, -0.2) is 4.99 Å². The van der Waals surface area contributed by atoms with Gasteiger partial charge in [0, 0.05) is 43.1 Å². The second-order valence-electron chi connectivity index (χ2n) is 6.47. The predicted octanol–water partition coefficient (Wildman–Crippen LogP) is 2.68. The highest BCUT2D eigenvalue weighted by molar-refractivity contribution is 5.98. The molecule has 2 aromatic heterocycles. The first kappa shape index (κ1) is 16.8. The molecule has 7 heteroatoms. The molecule has 1 unspecified atom stereocenters. The molecule has 3 heterocycles. The Labute approximate surface area is 156 Å². The van der Waals surface area contributed by atoms with E-state index in [1.807, 2.05) is 48.5 Å². The number of hydrogen-bond donors (Lipinski definition) is 3. The highest BCUT2D eigenvalue weighted by Crippen LogP contribution is 2.22. The quantitative estimate of drug-likeness (QED) is 0.668. The fourth-order valence-electron chi connectivity index (χ4n) is 2.92. The van der Waals surface area contributed by atoms with E-state index in [1.54, 1.807) is 31.4 Å². The lowest BCUT2D eigenvalue weighted by Gasteiger charge is -2.22. The number of carbonyl (C=O) groups excluding carboxylic acids is 1. The Bertz CT molecular complexity index is 1040. The standard InChI is InChI=1S/C20H20N6O/c1-26(2)19(27)18-11-13-6-7-14(12-17(13)24-18)23-20-22-10-8-16(25-20)15-5-3-4-9-21-15/h3-12,20,23-25H,1-2H3. The molecule has 0 aliphatic carbocycles. The van der Waals surface area contributed by atoms with E-state index in [1.165, 1.54) is 0 Å². The number of pyridine rings is 1. The van der Waals surface area contributed by atoms with Crippen LogP contribution >= 0.6 is 0 Å². The van der Waals surface area contributed by atoms with Crippen LogP contribution in [-0.2, 0) is 0 Å². The Kier molecular flexibility index (Phi) is 4.33. The Morgan fingerprint density at radius 2 is 2.07 bits per heavy atom. The van der Waals surface area contributed by atoms with Crippen LogP contribution in [0.1, 0.15) is 16.2 Å². The number of rotatable bonds is 4. The number of amides is 1. The number of H-pyrrole nitrogens is 1. The Balaban J connectivity index is 1.51. The SMILES string of the molecule is CN(C)C(=O)c1cc2ccc(NC3N=CC=C(c4ccccn4)N3)cc2[nH]1. The summed E-state index contributed by atoms with van der Waals surface area (Å²) in [5, 5.41) is 7.65. The topological polar surface area (TPSA) is 85.4 Å². The maximum atomic E-state index is 12.1. The fourth-order valence-corrected chi connectivity index (χ4v) is 2.92. The lowest BCUT2D eigenvalue weighted by molar-refractivity contribution is 0.0823. The molecular formula is C20H20N6O. The highest BCUT2D eigenvalue weighted by atomic mass is 16.2. The van der Waals surface area contributed by atoms with E-state index in [4.69, 9.17) is 0 Å². The molecule has 0 saturated carbocycles. The van der Waals surface area contributed by atoms with E-state index in [0.717, 1.165) is 28.0 Å².